The molecule has 1 atom stereocenters. The molecule has 0 spiro atoms. The topological polar surface area (TPSA) is 61.1 Å². The molecule has 0 aromatic rings. The number of hydrogen-bond acceptors (Lipinski definition) is 4. The van der Waals surface area contributed by atoms with Crippen LogP contribution >= 0.6 is 12.8 Å². The number of nitrogens with two attached hydrogens (primary N) is 1. The van der Waals surface area contributed by atoms with Gasteiger partial charge in [-0.3, -0.25) is 0 Å². The fourth-order valence-corrected chi connectivity index (χ4v) is 0. The van der Waals surface area contributed by atoms with Gasteiger partial charge in [0, 0.05) is 0 Å². The molecule has 3 nitrogen and oxygen atoms in total. The van der Waals surface area contributed by atoms with E-state index in [1.807, 2.05) is 4.13 Å². The third kappa shape index (κ3) is 4.58. The molecule has 0 aliphatic rings. The Morgan fingerprint density at radius 3 is 2.20 bits per heavy atom. The van der Waals surface area contributed by atoms with Crippen molar-refractivity contribution in [3.8, 4) is 0 Å². The van der Waals surface area contributed by atoms with Crippen molar-refractivity contribution in [3.63, 3.8) is 0 Å². The summed E-state index contributed by atoms with van der Waals surface area (Å²) in [6.07, 6.45) is 0. The zero-order valence-electron chi connectivity index (χ0n) is 2.34. The first kappa shape index (κ1) is 5.58. The average Bonchev–Trinajstić information content (AvgIpc) is 1.38. The molecule has 0 rings (SSSR count). The zero-order chi connectivity index (χ0) is 4.28. The van der Waals surface area contributed by atoms with Crippen molar-refractivity contribution >= 4 is 24.4 Å². The summed E-state index contributed by atoms with van der Waals surface area (Å²) in [6, 6.07) is 0. The first-order chi connectivity index (χ1) is 2.27. The standard InChI is InChI=1S/H4N2OS2/c1-5(3)2-4/h2,4H,1H2. The fraction of sp³-hybridized carbons (Fsp3) is 0. The normalized spacial score (nSPS) is 15.0. The van der Waals surface area contributed by atoms with Gasteiger partial charge in [0.2, 0.25) is 0 Å². The summed E-state index contributed by atoms with van der Waals surface area (Å²) in [7, 11) is 0. The number of nitrogens with one attached hydrogen (secondary N) is 1. The van der Waals surface area contributed by atoms with Gasteiger partial charge in [-0.1, -0.05) is 4.13 Å². The predicted molar refractivity (Wildman–Crippen MR) is 24.5 cm³/mol. The molecule has 5 heavy (non-hydrogen) atoms. The Morgan fingerprint density at radius 1 is 2.00 bits per heavy atom. The molecule has 0 aromatic heterocycles. The Balaban J connectivity index is 2.54. The quantitative estimate of drug-likeness (QED) is 0.300. The van der Waals surface area contributed by atoms with Gasteiger partial charge in [-0.05, 0) is 12.8 Å². The Morgan fingerprint density at radius 2 is 2.20 bits per heavy atom. The molecule has 0 aliphatic carbocycles. The van der Waals surface area contributed by atoms with E-state index >= 15 is 0 Å². The minimum Gasteiger partial charge on any atom is -0.578 e. The van der Waals surface area contributed by atoms with Crippen LogP contribution in [-0.2, 0) is 11.5 Å². The van der Waals surface area contributed by atoms with Crippen LogP contribution in [0.5, 0.6) is 0 Å². The minimum absolute atomic E-state index is 1.46. The molecule has 0 aromatic carbocycles. The maximum absolute atomic E-state index is 9.51. The molecule has 3 N–H and O–H groups in total. The molecule has 0 radical (unpaired) electrons. The molecule has 0 heterocycles. The average molecular weight is 112 g/mol. The van der Waals surface area contributed by atoms with Crippen molar-refractivity contribution in [2.24, 2.45) is 5.14 Å². The molecule has 0 fully saturated rings. The van der Waals surface area contributed by atoms with Crippen LogP contribution in [0.2, 0.25) is 0 Å². The fourth-order valence-electron chi connectivity index (χ4n) is 0. The van der Waals surface area contributed by atoms with E-state index in [4.69, 9.17) is 0 Å². The van der Waals surface area contributed by atoms with E-state index in [1.165, 1.54) is 0 Å². The van der Waals surface area contributed by atoms with Crippen molar-refractivity contribution in [2.45, 2.75) is 0 Å². The van der Waals surface area contributed by atoms with Gasteiger partial charge in [0.1, 0.15) is 11.5 Å². The van der Waals surface area contributed by atoms with Crippen molar-refractivity contribution in [1.82, 2.24) is 4.13 Å². The third-order valence-corrected chi connectivity index (χ3v) is 0.810. The highest BCUT2D eigenvalue weighted by Crippen LogP contribution is 1.64. The first-order valence-corrected chi connectivity index (χ1v) is 2.49. The van der Waals surface area contributed by atoms with Gasteiger partial charge in [-0.15, -0.1) is 5.14 Å². The van der Waals surface area contributed by atoms with Crippen molar-refractivity contribution in [2.75, 3.05) is 0 Å². The second-order valence-electron chi connectivity index (χ2n) is 0.389. The lowest BCUT2D eigenvalue weighted by Crippen LogP contribution is -2.22. The van der Waals surface area contributed by atoms with E-state index in [-0.39, 0.29) is 0 Å². The van der Waals surface area contributed by atoms with E-state index in [0.29, 0.717) is 0 Å². The summed E-state index contributed by atoms with van der Waals surface area (Å²) in [4.78, 5) is 0. The Hall–Kier alpha value is 0.580. The monoisotopic (exact) mass is 112 g/mol. The number of rotatable bonds is 1. The summed E-state index contributed by atoms with van der Waals surface area (Å²) in [6.45, 7) is 0. The summed E-state index contributed by atoms with van der Waals surface area (Å²) >= 11 is 1.88. The van der Waals surface area contributed by atoms with E-state index < -0.39 is 11.5 Å². The highest BCUT2D eigenvalue weighted by Gasteiger charge is 1.82. The molecule has 5 heteroatoms. The number of hydrogen-bond donors (Lipinski definition) is 3. The van der Waals surface area contributed by atoms with Gasteiger partial charge in [0.05, 0.1) is 0 Å². The molecule has 32 valence electrons. The van der Waals surface area contributed by atoms with Gasteiger partial charge in [0.25, 0.3) is 0 Å². The summed E-state index contributed by atoms with van der Waals surface area (Å²) < 4.78 is 11.5. The van der Waals surface area contributed by atoms with Crippen molar-refractivity contribution < 1.29 is 4.55 Å². The van der Waals surface area contributed by atoms with E-state index in [2.05, 4.69) is 18.0 Å². The molecule has 0 bridgehead atoms. The lowest BCUT2D eigenvalue weighted by Gasteiger charge is -1.92. The van der Waals surface area contributed by atoms with Crippen LogP contribution in [0.15, 0.2) is 0 Å². The molecule has 1 unspecified atom stereocenters. The van der Waals surface area contributed by atoms with Crippen LogP contribution in [0.25, 0.3) is 0 Å². The lowest BCUT2D eigenvalue weighted by molar-refractivity contribution is 0.595. The van der Waals surface area contributed by atoms with Gasteiger partial charge < -0.3 is 4.55 Å². The molecule has 0 amide bonds. The van der Waals surface area contributed by atoms with Crippen LogP contribution in [0.4, 0.5) is 0 Å². The van der Waals surface area contributed by atoms with Gasteiger partial charge in [-0.2, -0.15) is 0 Å². The third-order valence-electron chi connectivity index (χ3n) is 0.0900. The Kier molecular flexibility index (Phi) is 3.12. The molecule has 0 saturated carbocycles. The summed E-state index contributed by atoms with van der Waals surface area (Å²) in [5.74, 6) is 0. The smallest absolute Gasteiger partial charge is 0.142 e. The zero-order valence-corrected chi connectivity index (χ0v) is 4.05. The maximum atomic E-state index is 9.51. The Labute approximate surface area is 38.9 Å². The first-order valence-electron chi connectivity index (χ1n) is 0.830. The van der Waals surface area contributed by atoms with Crippen LogP contribution in [0.3, 0.4) is 0 Å². The largest absolute Gasteiger partial charge is 0.578 e. The van der Waals surface area contributed by atoms with Crippen molar-refractivity contribution in [1.29, 1.82) is 0 Å². The van der Waals surface area contributed by atoms with Crippen LogP contribution in [-0.4, -0.2) is 4.55 Å². The van der Waals surface area contributed by atoms with E-state index in [0.717, 1.165) is 0 Å². The molecular weight excluding hydrogens is 108 g/mol. The number of thiol groups is 1. The van der Waals surface area contributed by atoms with Crippen LogP contribution in [0.1, 0.15) is 0 Å². The highest BCUT2D eigenvalue weighted by molar-refractivity contribution is 7.99. The Bertz CT molecular complexity index is 21.6. The molecule has 0 aliphatic heterocycles. The van der Waals surface area contributed by atoms with E-state index in [1.54, 1.807) is 0 Å². The summed E-state index contributed by atoms with van der Waals surface area (Å²) in [5.41, 5.74) is 0. The molecular formula is H4N2OS2. The maximum Gasteiger partial charge on any atom is 0.142 e. The predicted octanol–water partition coefficient (Wildman–Crippen LogP) is -1.04. The molecule has 0 saturated heterocycles. The van der Waals surface area contributed by atoms with E-state index in [9.17, 15) is 4.55 Å². The van der Waals surface area contributed by atoms with Gasteiger partial charge in [-0.25, -0.2) is 0 Å². The van der Waals surface area contributed by atoms with Crippen molar-refractivity contribution in [3.05, 3.63) is 0 Å². The minimum atomic E-state index is -1.46. The second-order valence-corrected chi connectivity index (χ2v) is 1.71. The van der Waals surface area contributed by atoms with Gasteiger partial charge >= 0.3 is 0 Å². The lowest BCUT2D eigenvalue weighted by atomic mass is 13.9. The SMILES string of the molecule is N[S+]([O-])NS. The van der Waals surface area contributed by atoms with Gasteiger partial charge in [0.15, 0.2) is 0 Å². The van der Waals surface area contributed by atoms with Crippen LogP contribution < -0.4 is 9.27 Å². The summed E-state index contributed by atoms with van der Waals surface area (Å²) in [5, 5.41) is 4.58. The van der Waals surface area contributed by atoms with Crippen LogP contribution in [0, 0.1) is 0 Å². The second kappa shape index (κ2) is 2.80. The highest BCUT2D eigenvalue weighted by atomic mass is 32.3.